The van der Waals surface area contributed by atoms with E-state index in [1.54, 1.807) is 37.0 Å². The Morgan fingerprint density at radius 2 is 1.83 bits per heavy atom. The minimum atomic E-state index is -0.939. The molecule has 0 aliphatic carbocycles. The molecule has 0 atom stereocenters. The number of aromatic nitrogens is 1. The maximum atomic E-state index is 11.2. The molecule has 96 valence electrons. The van der Waals surface area contributed by atoms with Crippen molar-refractivity contribution in [1.82, 2.24) is 4.57 Å². The van der Waals surface area contributed by atoms with Crippen LogP contribution in [-0.2, 0) is 6.54 Å². The molecular weight excluding hydrogens is 234 g/mol. The summed E-state index contributed by atoms with van der Waals surface area (Å²) in [6, 6.07) is 5.22. The van der Waals surface area contributed by atoms with Gasteiger partial charge in [0, 0.05) is 18.0 Å². The van der Waals surface area contributed by atoms with Gasteiger partial charge in [-0.05, 0) is 19.1 Å². The number of hydrogen-bond donors (Lipinski definition) is 1. The highest BCUT2D eigenvalue weighted by molar-refractivity contribution is 5.95. The Kier molecular flexibility index (Phi) is 3.14. The number of carbonyl (C=O) groups is 1. The first-order valence-electron chi connectivity index (χ1n) is 5.61. The fraction of sp³-hybridized carbons (Fsp3) is 0.308. The molecule has 2 aromatic rings. The number of aryl methyl sites for hydroxylation is 1. The van der Waals surface area contributed by atoms with Crippen LogP contribution in [0.3, 0.4) is 0 Å². The molecule has 0 radical (unpaired) electrons. The number of rotatable bonds is 4. The molecule has 0 fully saturated rings. The summed E-state index contributed by atoms with van der Waals surface area (Å²) < 4.78 is 12.2. The zero-order chi connectivity index (χ0) is 13.3. The number of nitrogens with zero attached hydrogens (tertiary/aromatic N) is 1. The Morgan fingerprint density at radius 3 is 2.33 bits per heavy atom. The molecule has 1 aromatic heterocycles. The monoisotopic (exact) mass is 249 g/mol. The molecule has 1 N–H and O–H groups in total. The van der Waals surface area contributed by atoms with Crippen LogP contribution in [0, 0.1) is 0 Å². The molecule has 0 saturated heterocycles. The van der Waals surface area contributed by atoms with Crippen LogP contribution in [0.15, 0.2) is 18.2 Å². The van der Waals surface area contributed by atoms with Crippen LogP contribution < -0.4 is 9.47 Å². The number of carboxylic acids is 1. The van der Waals surface area contributed by atoms with Crippen molar-refractivity contribution in [1.29, 1.82) is 0 Å². The second kappa shape index (κ2) is 4.60. The lowest BCUT2D eigenvalue weighted by atomic mass is 10.2. The van der Waals surface area contributed by atoms with E-state index in [-0.39, 0.29) is 5.69 Å². The molecule has 0 unspecified atom stereocenters. The third kappa shape index (κ3) is 1.77. The van der Waals surface area contributed by atoms with Gasteiger partial charge in [-0.1, -0.05) is 0 Å². The van der Waals surface area contributed by atoms with Gasteiger partial charge in [-0.3, -0.25) is 0 Å². The second-order valence-corrected chi connectivity index (χ2v) is 3.84. The molecule has 18 heavy (non-hydrogen) atoms. The van der Waals surface area contributed by atoms with E-state index < -0.39 is 5.97 Å². The fourth-order valence-corrected chi connectivity index (χ4v) is 2.11. The third-order valence-electron chi connectivity index (χ3n) is 2.94. The van der Waals surface area contributed by atoms with Crippen molar-refractivity contribution in [2.75, 3.05) is 14.2 Å². The van der Waals surface area contributed by atoms with Crippen LogP contribution in [0.2, 0.25) is 0 Å². The first-order chi connectivity index (χ1) is 8.62. The number of methoxy groups -OCH3 is 2. The van der Waals surface area contributed by atoms with Gasteiger partial charge in [-0.25, -0.2) is 4.79 Å². The fourth-order valence-electron chi connectivity index (χ4n) is 2.11. The van der Waals surface area contributed by atoms with E-state index in [0.29, 0.717) is 18.0 Å². The van der Waals surface area contributed by atoms with Gasteiger partial charge in [-0.15, -0.1) is 0 Å². The minimum Gasteiger partial charge on any atom is -0.493 e. The van der Waals surface area contributed by atoms with E-state index in [1.807, 2.05) is 6.92 Å². The molecule has 1 heterocycles. The summed E-state index contributed by atoms with van der Waals surface area (Å²) in [5.74, 6) is 0.246. The SMILES string of the molecule is CCn1c(C(=O)O)cc2cc(OC)c(OC)cc21. The largest absolute Gasteiger partial charge is 0.493 e. The average Bonchev–Trinajstić information content (AvgIpc) is 2.74. The van der Waals surface area contributed by atoms with Crippen molar-refractivity contribution in [3.05, 3.63) is 23.9 Å². The summed E-state index contributed by atoms with van der Waals surface area (Å²) >= 11 is 0. The maximum Gasteiger partial charge on any atom is 0.352 e. The maximum absolute atomic E-state index is 11.2. The Morgan fingerprint density at radius 1 is 1.22 bits per heavy atom. The second-order valence-electron chi connectivity index (χ2n) is 3.84. The van der Waals surface area contributed by atoms with Gasteiger partial charge < -0.3 is 19.1 Å². The lowest BCUT2D eigenvalue weighted by Crippen LogP contribution is -2.06. The normalized spacial score (nSPS) is 10.6. The van der Waals surface area contributed by atoms with E-state index >= 15 is 0 Å². The quantitative estimate of drug-likeness (QED) is 0.903. The summed E-state index contributed by atoms with van der Waals surface area (Å²) in [7, 11) is 3.11. The van der Waals surface area contributed by atoms with Crippen LogP contribution in [0.4, 0.5) is 0 Å². The van der Waals surface area contributed by atoms with Crippen LogP contribution in [-0.4, -0.2) is 29.9 Å². The van der Waals surface area contributed by atoms with Gasteiger partial charge in [0.15, 0.2) is 11.5 Å². The Labute approximate surface area is 105 Å². The van der Waals surface area contributed by atoms with Gasteiger partial charge in [0.2, 0.25) is 0 Å². The first-order valence-corrected chi connectivity index (χ1v) is 5.61. The molecule has 5 heteroatoms. The summed E-state index contributed by atoms with van der Waals surface area (Å²) in [5.41, 5.74) is 1.09. The average molecular weight is 249 g/mol. The lowest BCUT2D eigenvalue weighted by Gasteiger charge is -2.09. The Bertz CT molecular complexity index is 601. The van der Waals surface area contributed by atoms with Crippen molar-refractivity contribution in [2.24, 2.45) is 0 Å². The van der Waals surface area contributed by atoms with Crippen LogP contribution in [0.25, 0.3) is 10.9 Å². The van der Waals surface area contributed by atoms with Gasteiger partial charge in [0.25, 0.3) is 0 Å². The van der Waals surface area contributed by atoms with Crippen molar-refractivity contribution in [2.45, 2.75) is 13.5 Å². The molecule has 0 bridgehead atoms. The summed E-state index contributed by atoms with van der Waals surface area (Å²) in [6.07, 6.45) is 0. The molecular formula is C13H15NO4. The highest BCUT2D eigenvalue weighted by atomic mass is 16.5. The standard InChI is InChI=1S/C13H15NO4/c1-4-14-9-7-12(18-3)11(17-2)6-8(9)5-10(14)13(15)16/h5-7H,4H2,1-3H3,(H,15,16). The van der Waals surface area contributed by atoms with E-state index in [0.717, 1.165) is 10.9 Å². The number of hydrogen-bond acceptors (Lipinski definition) is 3. The van der Waals surface area contributed by atoms with Crippen LogP contribution >= 0.6 is 0 Å². The molecule has 5 nitrogen and oxygen atoms in total. The number of ether oxygens (including phenoxy) is 2. The van der Waals surface area contributed by atoms with E-state index in [4.69, 9.17) is 14.6 Å². The number of carboxylic acid groups (broad SMARTS) is 1. The number of aromatic carboxylic acids is 1. The smallest absolute Gasteiger partial charge is 0.352 e. The number of benzene rings is 1. The van der Waals surface area contributed by atoms with E-state index in [2.05, 4.69) is 0 Å². The van der Waals surface area contributed by atoms with Gasteiger partial charge in [-0.2, -0.15) is 0 Å². The summed E-state index contributed by atoms with van der Waals surface area (Å²) in [5, 5.41) is 9.99. The zero-order valence-corrected chi connectivity index (χ0v) is 10.6. The summed E-state index contributed by atoms with van der Waals surface area (Å²) in [6.45, 7) is 2.49. The molecule has 0 amide bonds. The van der Waals surface area contributed by atoms with Crippen molar-refractivity contribution < 1.29 is 19.4 Å². The predicted octanol–water partition coefficient (Wildman–Crippen LogP) is 2.38. The molecule has 2 rings (SSSR count). The van der Waals surface area contributed by atoms with E-state index in [9.17, 15) is 4.79 Å². The summed E-state index contributed by atoms with van der Waals surface area (Å²) in [4.78, 5) is 11.2. The van der Waals surface area contributed by atoms with Gasteiger partial charge >= 0.3 is 5.97 Å². The van der Waals surface area contributed by atoms with Gasteiger partial charge in [0.05, 0.1) is 19.7 Å². The molecule has 0 aliphatic rings. The molecule has 1 aromatic carbocycles. The minimum absolute atomic E-state index is 0.266. The Balaban J connectivity index is 2.77. The van der Waals surface area contributed by atoms with Crippen molar-refractivity contribution in [3.63, 3.8) is 0 Å². The third-order valence-corrected chi connectivity index (χ3v) is 2.94. The first kappa shape index (κ1) is 12.3. The Hall–Kier alpha value is -2.17. The van der Waals surface area contributed by atoms with E-state index in [1.165, 1.54) is 0 Å². The van der Waals surface area contributed by atoms with Crippen molar-refractivity contribution in [3.8, 4) is 11.5 Å². The molecule has 0 saturated carbocycles. The zero-order valence-electron chi connectivity index (χ0n) is 10.6. The van der Waals surface area contributed by atoms with Crippen LogP contribution in [0.5, 0.6) is 11.5 Å². The molecule has 0 spiro atoms. The topological polar surface area (TPSA) is 60.7 Å². The number of fused-ring (bicyclic) bond motifs is 1. The molecule has 0 aliphatic heterocycles. The van der Waals surface area contributed by atoms with Crippen LogP contribution in [0.1, 0.15) is 17.4 Å². The highest BCUT2D eigenvalue weighted by Gasteiger charge is 2.16. The predicted molar refractivity (Wildman–Crippen MR) is 67.7 cm³/mol. The van der Waals surface area contributed by atoms with Gasteiger partial charge in [0.1, 0.15) is 5.69 Å². The highest BCUT2D eigenvalue weighted by Crippen LogP contribution is 2.33. The van der Waals surface area contributed by atoms with Crippen molar-refractivity contribution >= 4 is 16.9 Å². The lowest BCUT2D eigenvalue weighted by molar-refractivity contribution is 0.0686.